The number of aryl methyl sites for hydroxylation is 1. The lowest BCUT2D eigenvalue weighted by atomic mass is 10.0. The molecular weight excluding hydrogens is 338 g/mol. The molecule has 5 heteroatoms. The molecular formula is C20H24ClNO3. The van der Waals surface area contributed by atoms with Gasteiger partial charge in [-0.25, -0.2) is 4.79 Å². The maximum absolute atomic E-state index is 12.1. The highest BCUT2D eigenvalue weighted by molar-refractivity contribution is 6.32. The molecule has 0 N–H and O–H groups in total. The van der Waals surface area contributed by atoms with Gasteiger partial charge in [-0.2, -0.15) is 0 Å². The molecule has 4 rings (SSSR count). The molecule has 1 aromatic carbocycles. The number of fused-ring (bicyclic) bond motifs is 1. The van der Waals surface area contributed by atoms with Crippen LogP contribution in [-0.2, 0) is 17.7 Å². The maximum Gasteiger partial charge on any atom is 0.336 e. The van der Waals surface area contributed by atoms with E-state index in [-0.39, 0.29) is 5.63 Å². The summed E-state index contributed by atoms with van der Waals surface area (Å²) in [5, 5.41) is 1.70. The van der Waals surface area contributed by atoms with Crippen LogP contribution in [0.2, 0.25) is 5.02 Å². The second-order valence-corrected chi connectivity index (χ2v) is 7.68. The first-order valence-electron chi connectivity index (χ1n) is 9.21. The van der Waals surface area contributed by atoms with Gasteiger partial charge in [0.25, 0.3) is 0 Å². The smallest absolute Gasteiger partial charge is 0.336 e. The van der Waals surface area contributed by atoms with Crippen LogP contribution in [0.25, 0.3) is 11.0 Å². The lowest BCUT2D eigenvalue weighted by Crippen LogP contribution is -2.31. The van der Waals surface area contributed by atoms with Gasteiger partial charge in [-0.1, -0.05) is 18.5 Å². The number of ether oxygens (including phenoxy) is 1. The van der Waals surface area contributed by atoms with Gasteiger partial charge >= 0.3 is 5.63 Å². The Morgan fingerprint density at radius 2 is 2.04 bits per heavy atom. The maximum atomic E-state index is 12.1. The third-order valence-corrected chi connectivity index (χ3v) is 5.68. The van der Waals surface area contributed by atoms with E-state index in [4.69, 9.17) is 20.8 Å². The van der Waals surface area contributed by atoms with E-state index in [2.05, 4.69) is 4.90 Å². The normalized spacial score (nSPS) is 20.7. The summed E-state index contributed by atoms with van der Waals surface area (Å²) in [5.74, 6) is 0.599. The number of hydrogen-bond acceptors (Lipinski definition) is 4. The molecule has 25 heavy (non-hydrogen) atoms. The van der Waals surface area contributed by atoms with E-state index in [1.165, 1.54) is 12.8 Å². The molecule has 1 saturated carbocycles. The predicted molar refractivity (Wildman–Crippen MR) is 99.2 cm³/mol. The first kappa shape index (κ1) is 17.1. The van der Waals surface area contributed by atoms with Crippen molar-refractivity contribution in [2.24, 2.45) is 5.92 Å². The van der Waals surface area contributed by atoms with Crippen molar-refractivity contribution in [1.82, 2.24) is 4.90 Å². The van der Waals surface area contributed by atoms with Crippen LogP contribution in [0.1, 0.15) is 37.3 Å². The molecule has 1 aliphatic carbocycles. The van der Waals surface area contributed by atoms with Crippen molar-refractivity contribution in [3.63, 3.8) is 0 Å². The summed E-state index contributed by atoms with van der Waals surface area (Å²) in [6.45, 7) is 5.58. The lowest BCUT2D eigenvalue weighted by molar-refractivity contribution is 0.161. The molecule has 0 amide bonds. The van der Waals surface area contributed by atoms with Crippen LogP contribution in [0.3, 0.4) is 0 Å². The Labute approximate surface area is 152 Å². The largest absolute Gasteiger partial charge is 0.423 e. The standard InChI is InChI=1S/C20H24ClNO3/c1-2-14-7-19-17(9-18(14)21)15(8-20(23)25-19)11-22(16-3-4-16)10-13-5-6-24-12-13/h7-9,13,16H,2-6,10-12H2,1H3. The summed E-state index contributed by atoms with van der Waals surface area (Å²) >= 11 is 6.41. The van der Waals surface area contributed by atoms with Crippen LogP contribution >= 0.6 is 11.6 Å². The van der Waals surface area contributed by atoms with Crippen LogP contribution in [0.5, 0.6) is 0 Å². The molecule has 2 aliphatic rings. The molecule has 2 heterocycles. The van der Waals surface area contributed by atoms with Crippen LogP contribution in [0.15, 0.2) is 27.4 Å². The SMILES string of the molecule is CCc1cc2oc(=O)cc(CN(CC3CCOC3)C3CC3)c2cc1Cl. The predicted octanol–water partition coefficient (Wildman–Crippen LogP) is 4.01. The third kappa shape index (κ3) is 3.76. The molecule has 134 valence electrons. The van der Waals surface area contributed by atoms with E-state index < -0.39 is 0 Å². The van der Waals surface area contributed by atoms with Crippen molar-refractivity contribution < 1.29 is 9.15 Å². The Balaban J connectivity index is 1.66. The Morgan fingerprint density at radius 1 is 1.20 bits per heavy atom. The van der Waals surface area contributed by atoms with Crippen molar-refractivity contribution >= 4 is 22.6 Å². The molecule has 1 atom stereocenters. The Hall–Kier alpha value is -1.36. The zero-order valence-electron chi connectivity index (χ0n) is 14.6. The quantitative estimate of drug-likeness (QED) is 0.729. The van der Waals surface area contributed by atoms with Crippen molar-refractivity contribution in [1.29, 1.82) is 0 Å². The number of halogens is 1. The topological polar surface area (TPSA) is 42.7 Å². The van der Waals surface area contributed by atoms with Gasteiger partial charge in [-0.3, -0.25) is 4.90 Å². The zero-order valence-corrected chi connectivity index (χ0v) is 15.3. The van der Waals surface area contributed by atoms with Gasteiger partial charge in [0.15, 0.2) is 0 Å². The Morgan fingerprint density at radius 3 is 2.72 bits per heavy atom. The molecule has 1 saturated heterocycles. The van der Waals surface area contributed by atoms with E-state index in [0.717, 1.165) is 60.7 Å². The van der Waals surface area contributed by atoms with Gasteiger partial charge in [0, 0.05) is 42.2 Å². The summed E-state index contributed by atoms with van der Waals surface area (Å²) in [7, 11) is 0. The summed E-state index contributed by atoms with van der Waals surface area (Å²) in [6, 6.07) is 6.13. The van der Waals surface area contributed by atoms with Gasteiger partial charge in [0.1, 0.15) is 5.58 Å². The van der Waals surface area contributed by atoms with Gasteiger partial charge in [0.2, 0.25) is 0 Å². The number of hydrogen-bond donors (Lipinski definition) is 0. The van der Waals surface area contributed by atoms with Gasteiger partial charge in [-0.05, 0) is 54.9 Å². The first-order chi connectivity index (χ1) is 12.1. The average molecular weight is 362 g/mol. The van der Waals surface area contributed by atoms with Crippen LogP contribution < -0.4 is 5.63 Å². The Bertz CT molecular complexity index is 822. The second kappa shape index (κ2) is 7.10. The van der Waals surface area contributed by atoms with E-state index in [0.29, 0.717) is 17.5 Å². The van der Waals surface area contributed by atoms with Crippen molar-refractivity contribution in [2.45, 2.75) is 45.2 Å². The van der Waals surface area contributed by atoms with Gasteiger partial charge < -0.3 is 9.15 Å². The van der Waals surface area contributed by atoms with Gasteiger partial charge in [0.05, 0.1) is 6.61 Å². The minimum absolute atomic E-state index is 0.285. The number of nitrogens with zero attached hydrogens (tertiary/aromatic N) is 1. The van der Waals surface area contributed by atoms with E-state index in [1.807, 2.05) is 19.1 Å². The minimum atomic E-state index is -0.285. The minimum Gasteiger partial charge on any atom is -0.423 e. The number of rotatable bonds is 6. The second-order valence-electron chi connectivity index (χ2n) is 7.27. The summed E-state index contributed by atoms with van der Waals surface area (Å²) < 4.78 is 11.0. The molecule has 1 aromatic heterocycles. The summed E-state index contributed by atoms with van der Waals surface area (Å²) in [4.78, 5) is 14.6. The van der Waals surface area contributed by atoms with Crippen molar-refractivity contribution in [3.05, 3.63) is 44.8 Å². The molecule has 2 fully saturated rings. The fraction of sp³-hybridized carbons (Fsp3) is 0.550. The fourth-order valence-electron chi connectivity index (χ4n) is 3.75. The highest BCUT2D eigenvalue weighted by Gasteiger charge is 2.32. The molecule has 0 radical (unpaired) electrons. The summed E-state index contributed by atoms with van der Waals surface area (Å²) in [6.07, 6.45) is 4.44. The number of benzene rings is 1. The fourth-order valence-corrected chi connectivity index (χ4v) is 4.05. The summed E-state index contributed by atoms with van der Waals surface area (Å²) in [5.41, 5.74) is 2.38. The molecule has 1 unspecified atom stereocenters. The monoisotopic (exact) mass is 361 g/mol. The Kier molecular flexibility index (Phi) is 4.85. The van der Waals surface area contributed by atoms with E-state index in [9.17, 15) is 4.79 Å². The molecule has 0 spiro atoms. The van der Waals surface area contributed by atoms with E-state index in [1.54, 1.807) is 6.07 Å². The van der Waals surface area contributed by atoms with Crippen LogP contribution in [-0.4, -0.2) is 30.7 Å². The van der Waals surface area contributed by atoms with E-state index >= 15 is 0 Å². The highest BCUT2D eigenvalue weighted by Crippen LogP contribution is 2.32. The molecule has 0 bridgehead atoms. The molecule has 4 nitrogen and oxygen atoms in total. The van der Waals surface area contributed by atoms with Gasteiger partial charge in [-0.15, -0.1) is 0 Å². The average Bonchev–Trinajstić information content (AvgIpc) is 3.31. The highest BCUT2D eigenvalue weighted by atomic mass is 35.5. The van der Waals surface area contributed by atoms with Crippen molar-refractivity contribution in [2.75, 3.05) is 19.8 Å². The molecule has 1 aliphatic heterocycles. The lowest BCUT2D eigenvalue weighted by Gasteiger charge is -2.25. The molecule has 2 aromatic rings. The zero-order chi connectivity index (χ0) is 17.4. The van der Waals surface area contributed by atoms with Crippen molar-refractivity contribution in [3.8, 4) is 0 Å². The van der Waals surface area contributed by atoms with Crippen LogP contribution in [0.4, 0.5) is 0 Å². The van der Waals surface area contributed by atoms with Crippen LogP contribution in [0, 0.1) is 5.92 Å². The first-order valence-corrected chi connectivity index (χ1v) is 9.58. The third-order valence-electron chi connectivity index (χ3n) is 5.33.